The molecule has 0 aromatic heterocycles. The van der Waals surface area contributed by atoms with E-state index in [9.17, 15) is 19.2 Å². The highest BCUT2D eigenvalue weighted by Crippen LogP contribution is 2.20. The Bertz CT molecular complexity index is 598. The predicted molar refractivity (Wildman–Crippen MR) is 118 cm³/mol. The van der Waals surface area contributed by atoms with E-state index in [1.165, 1.54) is 19.1 Å². The van der Waals surface area contributed by atoms with Crippen molar-refractivity contribution < 1.29 is 33.4 Å². The molecule has 1 atom stereocenters. The normalized spacial score (nSPS) is 11.8. The number of ether oxygens (including phenoxy) is 3. The maximum absolute atomic E-state index is 11.9. The summed E-state index contributed by atoms with van der Waals surface area (Å²) in [6.07, 6.45) is 5.05. The van der Waals surface area contributed by atoms with E-state index in [0.717, 1.165) is 24.9 Å². The van der Waals surface area contributed by atoms with Gasteiger partial charge in [-0.15, -0.1) is 6.58 Å². The van der Waals surface area contributed by atoms with E-state index in [2.05, 4.69) is 26.3 Å². The molecular weight excluding hydrogens is 404 g/mol. The molecule has 0 spiro atoms. The smallest absolute Gasteiger partial charge is 0.320 e. The third kappa shape index (κ3) is 13.9. The fourth-order valence-electron chi connectivity index (χ4n) is 2.65. The molecule has 170 valence electrons. The number of rotatable bonds is 17. The lowest BCUT2D eigenvalue weighted by Crippen LogP contribution is -2.28. The van der Waals surface area contributed by atoms with Crippen molar-refractivity contribution in [3.05, 3.63) is 25.3 Å². The van der Waals surface area contributed by atoms with Crippen LogP contribution in [-0.2, 0) is 33.4 Å². The van der Waals surface area contributed by atoms with Crippen LogP contribution in [-0.4, -0.2) is 51.6 Å². The number of Topliss-reactive ketones (excluding diaryl/α,β-unsaturated/α-hetero) is 1. The van der Waals surface area contributed by atoms with E-state index in [-0.39, 0.29) is 44.2 Å². The average molecular weight is 441 g/mol. The SMILES string of the molecule is C=CCOC(=O)C(C)C(=O)OCCC[Si](C)(C)CCCOC(=O)CCC(=O)CC=C. The molecule has 0 saturated carbocycles. The Kier molecular flexibility index (Phi) is 14.4. The number of allylic oxidation sites excluding steroid dienone is 1. The molecule has 0 aromatic carbocycles. The van der Waals surface area contributed by atoms with Gasteiger partial charge in [-0.1, -0.05) is 43.9 Å². The molecule has 0 N–H and O–H groups in total. The molecule has 0 saturated heterocycles. The maximum Gasteiger partial charge on any atom is 0.320 e. The largest absolute Gasteiger partial charge is 0.466 e. The van der Waals surface area contributed by atoms with Crippen LogP contribution in [0.1, 0.15) is 39.0 Å². The van der Waals surface area contributed by atoms with Crippen molar-refractivity contribution in [1.82, 2.24) is 0 Å². The van der Waals surface area contributed by atoms with Gasteiger partial charge in [-0.25, -0.2) is 0 Å². The zero-order valence-corrected chi connectivity index (χ0v) is 19.6. The van der Waals surface area contributed by atoms with Crippen molar-refractivity contribution in [2.75, 3.05) is 19.8 Å². The summed E-state index contributed by atoms with van der Waals surface area (Å²) in [5, 5.41) is 0. The first-order chi connectivity index (χ1) is 14.1. The fraction of sp³-hybridized carbons (Fsp3) is 0.636. The summed E-state index contributed by atoms with van der Waals surface area (Å²) >= 11 is 0. The van der Waals surface area contributed by atoms with E-state index in [0.29, 0.717) is 6.61 Å². The standard InChI is InChI=1S/C22H36O7Si/c1-6-10-19(23)11-12-20(24)27-14-8-16-30(4,5)17-9-15-29-22(26)18(3)21(25)28-13-7-2/h6-7,18H,1-2,8-17H2,3-5H3. The number of ketones is 1. The van der Waals surface area contributed by atoms with E-state index in [4.69, 9.17) is 14.2 Å². The summed E-state index contributed by atoms with van der Waals surface area (Å²) in [7, 11) is -1.51. The fourth-order valence-corrected chi connectivity index (χ4v) is 5.10. The van der Waals surface area contributed by atoms with Crippen molar-refractivity contribution in [3.8, 4) is 0 Å². The Balaban J connectivity index is 3.94. The highest BCUT2D eigenvalue weighted by atomic mass is 28.3. The van der Waals surface area contributed by atoms with Gasteiger partial charge in [-0.05, 0) is 19.8 Å². The third-order valence-electron chi connectivity index (χ3n) is 4.53. The maximum atomic E-state index is 11.9. The van der Waals surface area contributed by atoms with Crippen molar-refractivity contribution in [2.45, 2.75) is 64.2 Å². The zero-order valence-electron chi connectivity index (χ0n) is 18.6. The van der Waals surface area contributed by atoms with Gasteiger partial charge in [0.1, 0.15) is 12.4 Å². The summed E-state index contributed by atoms with van der Waals surface area (Å²) in [6.45, 7) is 13.6. The second-order valence-corrected chi connectivity index (χ2v) is 13.3. The molecule has 0 rings (SSSR count). The minimum Gasteiger partial charge on any atom is -0.466 e. The summed E-state index contributed by atoms with van der Waals surface area (Å²) in [6, 6.07) is 1.94. The van der Waals surface area contributed by atoms with Gasteiger partial charge in [-0.3, -0.25) is 19.2 Å². The molecule has 0 heterocycles. The predicted octanol–water partition coefficient (Wildman–Crippen LogP) is 3.85. The molecule has 0 fully saturated rings. The Hall–Kier alpha value is -2.22. The number of esters is 3. The first-order valence-electron chi connectivity index (χ1n) is 10.4. The molecule has 8 heteroatoms. The van der Waals surface area contributed by atoms with Crippen molar-refractivity contribution in [1.29, 1.82) is 0 Å². The molecule has 0 amide bonds. The highest BCUT2D eigenvalue weighted by Gasteiger charge is 2.25. The number of carbonyl (C=O) groups is 4. The third-order valence-corrected chi connectivity index (χ3v) is 7.95. The first kappa shape index (κ1) is 27.8. The molecule has 1 unspecified atom stereocenters. The number of hydrogen-bond acceptors (Lipinski definition) is 7. The molecule has 0 aliphatic carbocycles. The Morgan fingerprint density at radius 3 is 2.00 bits per heavy atom. The molecule has 0 bridgehead atoms. The Morgan fingerprint density at radius 2 is 1.43 bits per heavy atom. The average Bonchev–Trinajstić information content (AvgIpc) is 2.70. The van der Waals surface area contributed by atoms with Gasteiger partial charge in [0.2, 0.25) is 0 Å². The van der Waals surface area contributed by atoms with Crippen LogP contribution >= 0.6 is 0 Å². The number of carbonyl (C=O) groups excluding carboxylic acids is 4. The molecule has 0 radical (unpaired) electrons. The van der Waals surface area contributed by atoms with Gasteiger partial charge < -0.3 is 14.2 Å². The van der Waals surface area contributed by atoms with Crippen molar-refractivity contribution in [2.24, 2.45) is 5.92 Å². The van der Waals surface area contributed by atoms with E-state index in [1.807, 2.05) is 0 Å². The minimum absolute atomic E-state index is 0.0146. The minimum atomic E-state index is -1.51. The van der Waals surface area contributed by atoms with Gasteiger partial charge in [0.15, 0.2) is 5.92 Å². The van der Waals surface area contributed by atoms with Crippen LogP contribution in [0.2, 0.25) is 25.2 Å². The summed E-state index contributed by atoms with van der Waals surface area (Å²) in [5.41, 5.74) is 0. The summed E-state index contributed by atoms with van der Waals surface area (Å²) in [5.74, 6) is -2.51. The molecule has 7 nitrogen and oxygen atoms in total. The molecular formula is C22H36O7Si. The Morgan fingerprint density at radius 1 is 0.867 bits per heavy atom. The zero-order chi connectivity index (χ0) is 23.0. The van der Waals surface area contributed by atoms with E-state index in [1.54, 1.807) is 0 Å². The molecule has 0 aliphatic rings. The lowest BCUT2D eigenvalue weighted by Gasteiger charge is -2.22. The van der Waals surface area contributed by atoms with Crippen LogP contribution in [0.3, 0.4) is 0 Å². The number of hydrogen-bond donors (Lipinski definition) is 0. The summed E-state index contributed by atoms with van der Waals surface area (Å²) < 4.78 is 15.2. The van der Waals surface area contributed by atoms with Gasteiger partial charge in [0.25, 0.3) is 0 Å². The van der Waals surface area contributed by atoms with Gasteiger partial charge in [0.05, 0.1) is 19.6 Å². The van der Waals surface area contributed by atoms with Crippen LogP contribution in [0.15, 0.2) is 25.3 Å². The topological polar surface area (TPSA) is 96.0 Å². The lowest BCUT2D eigenvalue weighted by molar-refractivity contribution is -0.160. The van der Waals surface area contributed by atoms with Crippen LogP contribution in [0.25, 0.3) is 0 Å². The van der Waals surface area contributed by atoms with Crippen LogP contribution in [0.5, 0.6) is 0 Å². The van der Waals surface area contributed by atoms with Crippen molar-refractivity contribution in [3.63, 3.8) is 0 Å². The van der Waals surface area contributed by atoms with E-state index >= 15 is 0 Å². The molecule has 0 aromatic rings. The highest BCUT2D eigenvalue weighted by molar-refractivity contribution is 6.77. The van der Waals surface area contributed by atoms with Gasteiger partial charge in [-0.2, -0.15) is 0 Å². The van der Waals surface area contributed by atoms with E-state index < -0.39 is 25.9 Å². The monoisotopic (exact) mass is 440 g/mol. The second kappa shape index (κ2) is 15.6. The van der Waals surface area contributed by atoms with Crippen LogP contribution in [0, 0.1) is 5.92 Å². The quantitative estimate of drug-likeness (QED) is 0.0846. The van der Waals surface area contributed by atoms with Crippen molar-refractivity contribution >= 4 is 31.8 Å². The first-order valence-corrected chi connectivity index (χ1v) is 13.8. The lowest BCUT2D eigenvalue weighted by atomic mass is 10.2. The van der Waals surface area contributed by atoms with Crippen LogP contribution in [0.4, 0.5) is 0 Å². The molecule has 30 heavy (non-hydrogen) atoms. The van der Waals surface area contributed by atoms with Crippen LogP contribution < -0.4 is 0 Å². The van der Waals surface area contributed by atoms with Gasteiger partial charge >= 0.3 is 17.9 Å². The van der Waals surface area contributed by atoms with Gasteiger partial charge in [0, 0.05) is 20.9 Å². The second-order valence-electron chi connectivity index (χ2n) is 7.93. The summed E-state index contributed by atoms with van der Waals surface area (Å²) in [4.78, 5) is 46.5. The Labute approximate surface area is 180 Å². The molecule has 0 aliphatic heterocycles.